The van der Waals surface area contributed by atoms with Gasteiger partial charge in [0.05, 0.1) is 17.6 Å². The Morgan fingerprint density at radius 1 is 1.12 bits per heavy atom. The number of aryl methyl sites for hydroxylation is 1. The lowest BCUT2D eigenvalue weighted by Gasteiger charge is -2.19. The summed E-state index contributed by atoms with van der Waals surface area (Å²) in [6, 6.07) is 12.1. The standard InChI is InChI=1S/C20H24N2O2/c1-20(2,3)11-16-9-15(14-7-5-6-13(8-14)12-23)10-17-18(16)21-19(24)22(17)4/h5-10,23H,11-12H2,1-4H3,(H,21,24). The Kier molecular flexibility index (Phi) is 4.10. The van der Waals surface area contributed by atoms with E-state index in [1.165, 1.54) is 0 Å². The minimum Gasteiger partial charge on any atom is -0.392 e. The molecule has 0 saturated carbocycles. The lowest BCUT2D eigenvalue weighted by Crippen LogP contribution is -2.11. The highest BCUT2D eigenvalue weighted by Gasteiger charge is 2.17. The van der Waals surface area contributed by atoms with Gasteiger partial charge >= 0.3 is 5.69 Å². The normalized spacial score (nSPS) is 12.0. The largest absolute Gasteiger partial charge is 0.392 e. The monoisotopic (exact) mass is 324 g/mol. The third kappa shape index (κ3) is 3.15. The van der Waals surface area contributed by atoms with E-state index in [0.29, 0.717) is 0 Å². The lowest BCUT2D eigenvalue weighted by molar-refractivity contribution is 0.282. The minimum atomic E-state index is -0.0959. The summed E-state index contributed by atoms with van der Waals surface area (Å²) in [7, 11) is 1.79. The number of nitrogens with one attached hydrogen (secondary N) is 1. The summed E-state index contributed by atoms with van der Waals surface area (Å²) in [5, 5.41) is 9.39. The van der Waals surface area contributed by atoms with E-state index in [2.05, 4.69) is 31.8 Å². The fraction of sp³-hybridized carbons (Fsp3) is 0.350. The molecule has 2 N–H and O–H groups in total. The molecule has 4 nitrogen and oxygen atoms in total. The first-order chi connectivity index (χ1) is 11.3. The Labute approximate surface area is 141 Å². The van der Waals surface area contributed by atoms with Gasteiger partial charge in [0, 0.05) is 7.05 Å². The van der Waals surface area contributed by atoms with E-state index in [0.717, 1.165) is 39.7 Å². The average molecular weight is 324 g/mol. The zero-order chi connectivity index (χ0) is 17.5. The van der Waals surface area contributed by atoms with Gasteiger partial charge in [0.25, 0.3) is 0 Å². The molecular weight excluding hydrogens is 300 g/mol. The molecule has 2 aromatic carbocycles. The van der Waals surface area contributed by atoms with E-state index in [1.54, 1.807) is 11.6 Å². The van der Waals surface area contributed by atoms with Gasteiger partial charge in [0.15, 0.2) is 0 Å². The first kappa shape index (κ1) is 16.5. The molecule has 0 aliphatic carbocycles. The van der Waals surface area contributed by atoms with Gasteiger partial charge in [-0.3, -0.25) is 4.57 Å². The molecule has 1 aromatic heterocycles. The predicted molar refractivity (Wildman–Crippen MR) is 98.1 cm³/mol. The van der Waals surface area contributed by atoms with Gasteiger partial charge in [0.2, 0.25) is 0 Å². The van der Waals surface area contributed by atoms with Crippen LogP contribution in [0.1, 0.15) is 31.9 Å². The van der Waals surface area contributed by atoms with Crippen LogP contribution >= 0.6 is 0 Å². The van der Waals surface area contributed by atoms with E-state index >= 15 is 0 Å². The molecule has 0 bridgehead atoms. The molecule has 0 amide bonds. The van der Waals surface area contributed by atoms with Crippen LogP contribution in [0.25, 0.3) is 22.2 Å². The van der Waals surface area contributed by atoms with Crippen molar-refractivity contribution in [2.24, 2.45) is 12.5 Å². The number of H-pyrrole nitrogens is 1. The van der Waals surface area contributed by atoms with Crippen molar-refractivity contribution in [3.63, 3.8) is 0 Å². The van der Waals surface area contributed by atoms with Gasteiger partial charge in [-0.15, -0.1) is 0 Å². The predicted octanol–water partition coefficient (Wildman–Crippen LogP) is 3.61. The van der Waals surface area contributed by atoms with Gasteiger partial charge < -0.3 is 10.1 Å². The summed E-state index contributed by atoms with van der Waals surface area (Å²) >= 11 is 0. The molecule has 0 atom stereocenters. The van der Waals surface area contributed by atoms with E-state index in [4.69, 9.17) is 0 Å². The molecule has 0 unspecified atom stereocenters. The third-order valence-corrected chi connectivity index (χ3v) is 4.26. The summed E-state index contributed by atoms with van der Waals surface area (Å²) in [5.41, 5.74) is 5.98. The SMILES string of the molecule is Cn1c(=O)[nH]c2c(CC(C)(C)C)cc(-c3cccc(CO)c3)cc21. The van der Waals surface area contributed by atoms with Crippen LogP contribution in [0.2, 0.25) is 0 Å². The molecule has 0 radical (unpaired) electrons. The van der Waals surface area contributed by atoms with Gasteiger partial charge in [-0.1, -0.05) is 39.0 Å². The molecule has 0 aliphatic heterocycles. The van der Waals surface area contributed by atoms with Crippen molar-refractivity contribution in [1.29, 1.82) is 0 Å². The summed E-state index contributed by atoms with van der Waals surface area (Å²) in [6.07, 6.45) is 0.872. The molecule has 0 fully saturated rings. The van der Waals surface area contributed by atoms with E-state index in [1.807, 2.05) is 30.3 Å². The van der Waals surface area contributed by atoms with E-state index < -0.39 is 0 Å². The molecular formula is C20H24N2O2. The Balaban J connectivity index is 2.25. The molecule has 126 valence electrons. The van der Waals surface area contributed by atoms with E-state index in [-0.39, 0.29) is 17.7 Å². The molecule has 24 heavy (non-hydrogen) atoms. The van der Waals surface area contributed by atoms with Crippen LogP contribution in [0.5, 0.6) is 0 Å². The van der Waals surface area contributed by atoms with Gasteiger partial charge in [-0.25, -0.2) is 4.79 Å². The molecule has 3 rings (SSSR count). The fourth-order valence-electron chi connectivity index (χ4n) is 3.12. The van der Waals surface area contributed by atoms with Crippen LogP contribution in [0.3, 0.4) is 0 Å². The number of aromatic nitrogens is 2. The Bertz CT molecular complexity index is 942. The number of rotatable bonds is 3. The number of hydrogen-bond acceptors (Lipinski definition) is 2. The average Bonchev–Trinajstić information content (AvgIpc) is 2.82. The van der Waals surface area contributed by atoms with Crippen molar-refractivity contribution in [3.8, 4) is 11.1 Å². The Morgan fingerprint density at radius 2 is 1.88 bits per heavy atom. The molecule has 4 heteroatoms. The molecule has 1 heterocycles. The number of aliphatic hydroxyl groups excluding tert-OH is 1. The lowest BCUT2D eigenvalue weighted by atomic mass is 9.86. The van der Waals surface area contributed by atoms with Crippen molar-refractivity contribution in [2.45, 2.75) is 33.8 Å². The summed E-state index contributed by atoms with van der Waals surface area (Å²) in [4.78, 5) is 15.1. The number of nitrogens with zero attached hydrogens (tertiary/aromatic N) is 1. The number of imidazole rings is 1. The summed E-state index contributed by atoms with van der Waals surface area (Å²) in [6.45, 7) is 6.60. The number of fused-ring (bicyclic) bond motifs is 1. The van der Waals surface area contributed by atoms with Crippen LogP contribution in [0.15, 0.2) is 41.2 Å². The second kappa shape index (κ2) is 5.95. The molecule has 3 aromatic rings. The second-order valence-corrected chi connectivity index (χ2v) is 7.61. The zero-order valence-corrected chi connectivity index (χ0v) is 14.7. The maximum absolute atomic E-state index is 12.1. The highest BCUT2D eigenvalue weighted by Crippen LogP contribution is 2.31. The minimum absolute atomic E-state index is 0.0214. The van der Waals surface area contributed by atoms with Gasteiger partial charge in [-0.2, -0.15) is 0 Å². The Morgan fingerprint density at radius 3 is 2.54 bits per heavy atom. The maximum Gasteiger partial charge on any atom is 0.326 e. The van der Waals surface area contributed by atoms with Crippen molar-refractivity contribution in [2.75, 3.05) is 0 Å². The highest BCUT2D eigenvalue weighted by atomic mass is 16.3. The Hall–Kier alpha value is -2.33. The van der Waals surface area contributed by atoms with Crippen molar-refractivity contribution < 1.29 is 5.11 Å². The number of benzene rings is 2. The second-order valence-electron chi connectivity index (χ2n) is 7.61. The molecule has 0 aliphatic rings. The highest BCUT2D eigenvalue weighted by molar-refractivity contribution is 5.85. The topological polar surface area (TPSA) is 58.0 Å². The summed E-state index contributed by atoms with van der Waals surface area (Å²) < 4.78 is 1.65. The zero-order valence-electron chi connectivity index (χ0n) is 14.7. The first-order valence-corrected chi connectivity index (χ1v) is 8.20. The fourth-order valence-corrected chi connectivity index (χ4v) is 3.12. The van der Waals surface area contributed by atoms with Crippen LogP contribution in [0, 0.1) is 5.41 Å². The van der Waals surface area contributed by atoms with Crippen molar-refractivity contribution in [1.82, 2.24) is 9.55 Å². The number of aromatic amines is 1. The van der Waals surface area contributed by atoms with Crippen LogP contribution in [-0.2, 0) is 20.1 Å². The van der Waals surface area contributed by atoms with Gasteiger partial charge in [-0.05, 0) is 52.3 Å². The van der Waals surface area contributed by atoms with Crippen LogP contribution < -0.4 is 5.69 Å². The van der Waals surface area contributed by atoms with Crippen molar-refractivity contribution in [3.05, 3.63) is 58.0 Å². The number of hydrogen-bond donors (Lipinski definition) is 2. The first-order valence-electron chi connectivity index (χ1n) is 8.20. The van der Waals surface area contributed by atoms with Crippen molar-refractivity contribution >= 4 is 11.0 Å². The van der Waals surface area contributed by atoms with Crippen LogP contribution in [0.4, 0.5) is 0 Å². The molecule has 0 saturated heterocycles. The van der Waals surface area contributed by atoms with Crippen LogP contribution in [-0.4, -0.2) is 14.7 Å². The molecule has 0 spiro atoms. The quantitative estimate of drug-likeness (QED) is 0.773. The summed E-state index contributed by atoms with van der Waals surface area (Å²) in [5.74, 6) is 0. The smallest absolute Gasteiger partial charge is 0.326 e. The third-order valence-electron chi connectivity index (χ3n) is 4.26. The maximum atomic E-state index is 12.1. The van der Waals surface area contributed by atoms with E-state index in [9.17, 15) is 9.90 Å². The van der Waals surface area contributed by atoms with Gasteiger partial charge in [0.1, 0.15) is 0 Å². The number of aliphatic hydroxyl groups is 1.